The summed E-state index contributed by atoms with van der Waals surface area (Å²) in [6.45, 7) is 8.42. The second kappa shape index (κ2) is 8.06. The van der Waals surface area contributed by atoms with Crippen molar-refractivity contribution in [1.29, 1.82) is 0 Å². The van der Waals surface area contributed by atoms with Gasteiger partial charge in [-0.25, -0.2) is 4.39 Å². The molecule has 2 aromatic rings. The maximum atomic E-state index is 13.7. The molecule has 0 amide bonds. The van der Waals surface area contributed by atoms with E-state index in [9.17, 15) is 4.39 Å². The molecule has 1 aromatic carbocycles. The van der Waals surface area contributed by atoms with Gasteiger partial charge in [0.15, 0.2) is 0 Å². The molecule has 1 fully saturated rings. The lowest BCUT2D eigenvalue weighted by Gasteiger charge is -2.39. The molecule has 0 aliphatic carbocycles. The second-order valence-electron chi connectivity index (χ2n) is 6.94. The smallest absolute Gasteiger partial charge is 0.227 e. The van der Waals surface area contributed by atoms with E-state index in [0.717, 1.165) is 39.0 Å². The van der Waals surface area contributed by atoms with Gasteiger partial charge in [0.25, 0.3) is 0 Å². The molecule has 0 bridgehead atoms. The first-order chi connectivity index (χ1) is 12.1. The van der Waals surface area contributed by atoms with Gasteiger partial charge in [-0.05, 0) is 45.0 Å². The van der Waals surface area contributed by atoms with Crippen LogP contribution in [0, 0.1) is 12.7 Å². The number of nitrogens with zero attached hydrogens (tertiary/aromatic N) is 4. The first kappa shape index (κ1) is 18.0. The Hall–Kier alpha value is -1.79. The Kier molecular flexibility index (Phi) is 5.81. The van der Waals surface area contributed by atoms with Gasteiger partial charge in [-0.1, -0.05) is 24.2 Å². The second-order valence-corrected chi connectivity index (χ2v) is 6.94. The number of likely N-dealkylation sites (N-methyl/N-ethyl adjacent to an activating group) is 1. The van der Waals surface area contributed by atoms with Crippen LogP contribution in [-0.2, 0) is 6.42 Å². The molecule has 2 heterocycles. The van der Waals surface area contributed by atoms with Crippen LogP contribution in [0.5, 0.6) is 0 Å². The number of benzene rings is 1. The predicted molar refractivity (Wildman–Crippen MR) is 95.9 cm³/mol. The molecule has 25 heavy (non-hydrogen) atoms. The first-order valence-corrected chi connectivity index (χ1v) is 9.08. The van der Waals surface area contributed by atoms with Gasteiger partial charge in [0.2, 0.25) is 11.7 Å². The Balaban J connectivity index is 1.54. The number of halogens is 1. The molecule has 0 radical (unpaired) electrons. The zero-order chi connectivity index (χ0) is 17.8. The summed E-state index contributed by atoms with van der Waals surface area (Å²) in [5.41, 5.74) is 1.27. The third-order valence-electron chi connectivity index (χ3n) is 5.01. The molecule has 136 valence electrons. The van der Waals surface area contributed by atoms with Gasteiger partial charge < -0.3 is 9.42 Å². The number of hydrogen-bond donors (Lipinski definition) is 0. The van der Waals surface area contributed by atoms with Gasteiger partial charge in [-0.3, -0.25) is 4.90 Å². The molecule has 0 N–H and O–H groups in total. The lowest BCUT2D eigenvalue weighted by atomic mass is 10.1. The summed E-state index contributed by atoms with van der Waals surface area (Å²) in [6, 6.07) is 5.65. The van der Waals surface area contributed by atoms with Crippen LogP contribution in [0.1, 0.15) is 31.2 Å². The Morgan fingerprint density at radius 2 is 2.16 bits per heavy atom. The summed E-state index contributed by atoms with van der Waals surface area (Å²) in [7, 11) is 2.19. The van der Waals surface area contributed by atoms with Crippen LogP contribution in [-0.4, -0.2) is 59.2 Å². The molecule has 5 nitrogen and oxygen atoms in total. The highest BCUT2D eigenvalue weighted by Gasteiger charge is 2.23. The van der Waals surface area contributed by atoms with Crippen molar-refractivity contribution in [1.82, 2.24) is 19.9 Å². The van der Waals surface area contributed by atoms with Gasteiger partial charge in [0.1, 0.15) is 5.82 Å². The monoisotopic (exact) mass is 346 g/mol. The van der Waals surface area contributed by atoms with Crippen LogP contribution in [0.2, 0.25) is 0 Å². The van der Waals surface area contributed by atoms with E-state index >= 15 is 0 Å². The SMILES string of the molecule is CCC1CN(C)CCN1CCCc1nc(-c2ccc(C)c(F)c2)no1. The molecule has 3 rings (SSSR count). The summed E-state index contributed by atoms with van der Waals surface area (Å²) in [5, 5.41) is 3.99. The van der Waals surface area contributed by atoms with E-state index in [-0.39, 0.29) is 5.82 Å². The average Bonchev–Trinajstić information content (AvgIpc) is 3.07. The molecule has 1 aromatic heterocycles. The lowest BCUT2D eigenvalue weighted by Crippen LogP contribution is -2.51. The fraction of sp³-hybridized carbons (Fsp3) is 0.579. The number of aryl methyl sites for hydroxylation is 2. The highest BCUT2D eigenvalue weighted by molar-refractivity contribution is 5.54. The topological polar surface area (TPSA) is 45.4 Å². The lowest BCUT2D eigenvalue weighted by molar-refractivity contribution is 0.0861. The van der Waals surface area contributed by atoms with E-state index in [1.165, 1.54) is 12.5 Å². The van der Waals surface area contributed by atoms with E-state index in [1.807, 2.05) is 6.07 Å². The Morgan fingerprint density at radius 1 is 1.32 bits per heavy atom. The summed E-state index contributed by atoms with van der Waals surface area (Å²) in [6.07, 6.45) is 2.92. The van der Waals surface area contributed by atoms with Crippen molar-refractivity contribution in [3.05, 3.63) is 35.5 Å². The van der Waals surface area contributed by atoms with Crippen LogP contribution < -0.4 is 0 Å². The summed E-state index contributed by atoms with van der Waals surface area (Å²) in [4.78, 5) is 9.37. The minimum absolute atomic E-state index is 0.246. The molecular weight excluding hydrogens is 319 g/mol. The molecule has 1 saturated heterocycles. The maximum Gasteiger partial charge on any atom is 0.227 e. The van der Waals surface area contributed by atoms with Gasteiger partial charge in [-0.2, -0.15) is 4.98 Å². The Bertz CT molecular complexity index is 702. The summed E-state index contributed by atoms with van der Waals surface area (Å²) in [5.74, 6) is 0.836. The zero-order valence-corrected chi connectivity index (χ0v) is 15.3. The van der Waals surface area contributed by atoms with E-state index in [0.29, 0.717) is 28.9 Å². The van der Waals surface area contributed by atoms with E-state index in [2.05, 4.69) is 33.9 Å². The molecule has 6 heteroatoms. The third-order valence-corrected chi connectivity index (χ3v) is 5.01. The van der Waals surface area contributed by atoms with E-state index in [4.69, 9.17) is 4.52 Å². The average molecular weight is 346 g/mol. The molecule has 1 unspecified atom stereocenters. The van der Waals surface area contributed by atoms with Gasteiger partial charge in [-0.15, -0.1) is 0 Å². The third kappa shape index (κ3) is 4.44. The molecule has 1 aliphatic rings. The Labute approximate surface area is 148 Å². The zero-order valence-electron chi connectivity index (χ0n) is 15.3. The van der Waals surface area contributed by atoms with Crippen LogP contribution in [0.15, 0.2) is 22.7 Å². The van der Waals surface area contributed by atoms with Crippen molar-refractivity contribution in [3.8, 4) is 11.4 Å². The number of hydrogen-bond acceptors (Lipinski definition) is 5. The number of rotatable bonds is 6. The minimum Gasteiger partial charge on any atom is -0.339 e. The molecule has 0 saturated carbocycles. The van der Waals surface area contributed by atoms with Crippen molar-refractivity contribution in [2.75, 3.05) is 33.2 Å². The van der Waals surface area contributed by atoms with Crippen LogP contribution in [0.3, 0.4) is 0 Å². The van der Waals surface area contributed by atoms with Gasteiger partial charge in [0.05, 0.1) is 0 Å². The van der Waals surface area contributed by atoms with Crippen molar-refractivity contribution in [3.63, 3.8) is 0 Å². The standard InChI is InChI=1S/C19H27FN4O/c1-4-16-13-23(3)10-11-24(16)9-5-6-18-21-19(22-25-18)15-8-7-14(2)17(20)12-15/h7-8,12,16H,4-6,9-11,13H2,1-3H3. The van der Waals surface area contributed by atoms with Crippen molar-refractivity contribution < 1.29 is 8.91 Å². The van der Waals surface area contributed by atoms with Crippen molar-refractivity contribution in [2.45, 2.75) is 39.2 Å². The fourth-order valence-electron chi connectivity index (χ4n) is 3.37. The molecule has 1 atom stereocenters. The highest BCUT2D eigenvalue weighted by Crippen LogP contribution is 2.19. The maximum absolute atomic E-state index is 13.7. The van der Waals surface area contributed by atoms with Crippen LogP contribution in [0.4, 0.5) is 4.39 Å². The largest absolute Gasteiger partial charge is 0.339 e. The van der Waals surface area contributed by atoms with Crippen molar-refractivity contribution >= 4 is 0 Å². The van der Waals surface area contributed by atoms with Crippen molar-refractivity contribution in [2.24, 2.45) is 0 Å². The number of piperazine rings is 1. The normalized spacial score (nSPS) is 19.4. The molecule has 1 aliphatic heterocycles. The Morgan fingerprint density at radius 3 is 2.92 bits per heavy atom. The van der Waals surface area contributed by atoms with Crippen LogP contribution in [0.25, 0.3) is 11.4 Å². The van der Waals surface area contributed by atoms with Crippen LogP contribution >= 0.6 is 0 Å². The highest BCUT2D eigenvalue weighted by atomic mass is 19.1. The molecule has 0 spiro atoms. The van der Waals surface area contributed by atoms with E-state index < -0.39 is 0 Å². The minimum atomic E-state index is -0.246. The van der Waals surface area contributed by atoms with Gasteiger partial charge >= 0.3 is 0 Å². The summed E-state index contributed by atoms with van der Waals surface area (Å²) < 4.78 is 19.0. The molecular formula is C19H27FN4O. The van der Waals surface area contributed by atoms with Gasteiger partial charge in [0, 0.05) is 37.7 Å². The first-order valence-electron chi connectivity index (χ1n) is 9.08. The summed E-state index contributed by atoms with van der Waals surface area (Å²) >= 11 is 0. The number of aromatic nitrogens is 2. The predicted octanol–water partition coefficient (Wildman–Crippen LogP) is 3.14. The fourth-order valence-corrected chi connectivity index (χ4v) is 3.37. The quantitative estimate of drug-likeness (QED) is 0.804. The van der Waals surface area contributed by atoms with E-state index in [1.54, 1.807) is 13.0 Å².